The minimum atomic E-state index is -0.308. The van der Waals surface area contributed by atoms with Crippen molar-refractivity contribution in [3.05, 3.63) is 65.2 Å². The molecule has 27 heavy (non-hydrogen) atoms. The maximum Gasteiger partial charge on any atom is 0.264 e. The largest absolute Gasteiger partial charge is 0.350 e. The molecule has 0 spiro atoms. The van der Waals surface area contributed by atoms with Gasteiger partial charge in [0, 0.05) is 37.7 Å². The summed E-state index contributed by atoms with van der Waals surface area (Å²) in [5.74, 6) is 0.329. The zero-order chi connectivity index (χ0) is 18.8. The van der Waals surface area contributed by atoms with E-state index in [1.54, 1.807) is 42.5 Å². The number of aryl methyl sites for hydroxylation is 1. The molecule has 4 rings (SSSR count). The van der Waals surface area contributed by atoms with Gasteiger partial charge in [-0.2, -0.15) is 10.2 Å². The van der Waals surface area contributed by atoms with Crippen molar-refractivity contribution in [2.45, 2.75) is 13.1 Å². The van der Waals surface area contributed by atoms with Gasteiger partial charge in [-0.15, -0.1) is 0 Å². The first-order valence-corrected chi connectivity index (χ1v) is 8.21. The summed E-state index contributed by atoms with van der Waals surface area (Å²) in [5.41, 5.74) is 0.987. The first-order chi connectivity index (χ1) is 13.1. The van der Waals surface area contributed by atoms with Gasteiger partial charge >= 0.3 is 0 Å². The Morgan fingerprint density at radius 3 is 2.89 bits per heavy atom. The van der Waals surface area contributed by atoms with Gasteiger partial charge in [0.05, 0.1) is 6.20 Å². The first-order valence-electron chi connectivity index (χ1n) is 8.21. The Kier molecular flexibility index (Phi) is 4.21. The van der Waals surface area contributed by atoms with Crippen molar-refractivity contribution in [1.29, 1.82) is 0 Å². The highest BCUT2D eigenvalue weighted by molar-refractivity contribution is 5.77. The van der Waals surface area contributed by atoms with Gasteiger partial charge in [0.1, 0.15) is 18.3 Å². The average Bonchev–Trinajstić information content (AvgIpc) is 3.33. The number of nitrogens with one attached hydrogen (secondary N) is 1. The molecule has 136 valence electrons. The molecule has 4 heterocycles. The molecule has 0 aromatic carbocycles. The SMILES string of the molecule is Cn1ncc2c(=O)n(CC(=O)NCc3cccnc3-n3cccn3)cnc21. The van der Waals surface area contributed by atoms with E-state index in [9.17, 15) is 9.59 Å². The molecule has 0 aliphatic carbocycles. The summed E-state index contributed by atoms with van der Waals surface area (Å²) >= 11 is 0. The molecule has 0 bridgehead atoms. The van der Waals surface area contributed by atoms with E-state index >= 15 is 0 Å². The highest BCUT2D eigenvalue weighted by atomic mass is 16.2. The maximum absolute atomic E-state index is 12.4. The molecule has 0 atom stereocenters. The van der Waals surface area contributed by atoms with Gasteiger partial charge < -0.3 is 5.32 Å². The van der Waals surface area contributed by atoms with Crippen molar-refractivity contribution >= 4 is 16.9 Å². The fraction of sp³-hybridized carbons (Fsp3) is 0.176. The van der Waals surface area contributed by atoms with Crippen LogP contribution in [-0.4, -0.2) is 40.0 Å². The highest BCUT2D eigenvalue weighted by Crippen LogP contribution is 2.09. The fourth-order valence-corrected chi connectivity index (χ4v) is 2.75. The van der Waals surface area contributed by atoms with E-state index < -0.39 is 0 Å². The number of carbonyl (C=O) groups excluding carboxylic acids is 1. The molecule has 0 fully saturated rings. The number of aromatic nitrogens is 7. The lowest BCUT2D eigenvalue weighted by Crippen LogP contribution is -2.32. The van der Waals surface area contributed by atoms with Crippen LogP contribution in [0.4, 0.5) is 0 Å². The van der Waals surface area contributed by atoms with Crippen molar-refractivity contribution in [2.75, 3.05) is 0 Å². The van der Waals surface area contributed by atoms with Crippen molar-refractivity contribution in [1.82, 2.24) is 39.4 Å². The zero-order valence-electron chi connectivity index (χ0n) is 14.5. The number of rotatable bonds is 5. The summed E-state index contributed by atoms with van der Waals surface area (Å²) in [6.45, 7) is 0.132. The molecule has 4 aromatic rings. The van der Waals surface area contributed by atoms with E-state index in [4.69, 9.17) is 0 Å². The van der Waals surface area contributed by atoms with Crippen LogP contribution in [0.3, 0.4) is 0 Å². The number of amides is 1. The Bertz CT molecular complexity index is 1160. The summed E-state index contributed by atoms with van der Waals surface area (Å²) < 4.78 is 4.41. The van der Waals surface area contributed by atoms with Gasteiger partial charge in [0.2, 0.25) is 5.91 Å². The van der Waals surface area contributed by atoms with E-state index in [-0.39, 0.29) is 24.6 Å². The van der Waals surface area contributed by atoms with Gasteiger partial charge in [0.25, 0.3) is 5.56 Å². The van der Waals surface area contributed by atoms with Crippen LogP contribution < -0.4 is 10.9 Å². The summed E-state index contributed by atoms with van der Waals surface area (Å²) in [6.07, 6.45) is 7.90. The molecule has 1 N–H and O–H groups in total. The second kappa shape index (κ2) is 6.83. The zero-order valence-corrected chi connectivity index (χ0v) is 14.5. The van der Waals surface area contributed by atoms with E-state index in [1.807, 2.05) is 6.07 Å². The smallest absolute Gasteiger partial charge is 0.264 e. The Hall–Kier alpha value is -3.82. The van der Waals surface area contributed by atoms with Crippen molar-refractivity contribution in [3.8, 4) is 5.82 Å². The molecule has 0 aliphatic heterocycles. The lowest BCUT2D eigenvalue weighted by atomic mass is 10.2. The summed E-state index contributed by atoms with van der Waals surface area (Å²) in [7, 11) is 1.71. The summed E-state index contributed by atoms with van der Waals surface area (Å²) in [6, 6.07) is 5.45. The van der Waals surface area contributed by atoms with E-state index in [1.165, 1.54) is 21.8 Å². The molecule has 0 unspecified atom stereocenters. The topological polar surface area (TPSA) is 113 Å². The van der Waals surface area contributed by atoms with Crippen molar-refractivity contribution in [2.24, 2.45) is 7.05 Å². The number of pyridine rings is 1. The van der Waals surface area contributed by atoms with Crippen LogP contribution >= 0.6 is 0 Å². The number of fused-ring (bicyclic) bond motifs is 1. The molecular weight excluding hydrogens is 348 g/mol. The third-order valence-electron chi connectivity index (χ3n) is 4.10. The highest BCUT2D eigenvalue weighted by Gasteiger charge is 2.12. The third-order valence-corrected chi connectivity index (χ3v) is 4.10. The second-order valence-electron chi connectivity index (χ2n) is 5.90. The molecule has 0 radical (unpaired) electrons. The van der Waals surface area contributed by atoms with Gasteiger partial charge in [-0.1, -0.05) is 6.07 Å². The van der Waals surface area contributed by atoms with Crippen LogP contribution in [-0.2, 0) is 24.9 Å². The lowest BCUT2D eigenvalue weighted by molar-refractivity contribution is -0.121. The molecule has 4 aromatic heterocycles. The van der Waals surface area contributed by atoms with Crippen LogP contribution in [0, 0.1) is 0 Å². The Morgan fingerprint density at radius 1 is 1.19 bits per heavy atom. The van der Waals surface area contributed by atoms with Crippen molar-refractivity contribution in [3.63, 3.8) is 0 Å². The molecule has 10 nitrogen and oxygen atoms in total. The predicted molar refractivity (Wildman–Crippen MR) is 96.0 cm³/mol. The molecule has 10 heteroatoms. The fourth-order valence-electron chi connectivity index (χ4n) is 2.75. The maximum atomic E-state index is 12.4. The van der Waals surface area contributed by atoms with Gasteiger partial charge in [0.15, 0.2) is 11.5 Å². The van der Waals surface area contributed by atoms with Crippen LogP contribution in [0.2, 0.25) is 0 Å². The number of carbonyl (C=O) groups is 1. The number of hydrogen-bond donors (Lipinski definition) is 1. The molecule has 0 saturated heterocycles. The molecular formula is C17H16N8O2. The normalized spacial score (nSPS) is 11.0. The lowest BCUT2D eigenvalue weighted by Gasteiger charge is -2.10. The van der Waals surface area contributed by atoms with Crippen molar-refractivity contribution < 1.29 is 4.79 Å². The molecule has 0 saturated carbocycles. The van der Waals surface area contributed by atoms with Crippen LogP contribution in [0.15, 0.2) is 54.1 Å². The first kappa shape index (κ1) is 16.6. The average molecular weight is 364 g/mol. The standard InChI is InChI=1S/C17H16N8O2/c1-23-16-13(9-22-23)17(27)24(11-20-16)10-14(26)19-8-12-4-2-5-18-15(12)25-7-3-6-21-25/h2-7,9,11H,8,10H2,1H3,(H,19,26). The Balaban J connectivity index is 1.49. The minimum absolute atomic E-state index is 0.131. The minimum Gasteiger partial charge on any atom is -0.350 e. The quantitative estimate of drug-likeness (QED) is 0.534. The van der Waals surface area contributed by atoms with Gasteiger partial charge in [-0.05, 0) is 12.1 Å². The van der Waals surface area contributed by atoms with Crippen LogP contribution in [0.1, 0.15) is 5.56 Å². The van der Waals surface area contributed by atoms with Gasteiger partial charge in [-0.3, -0.25) is 18.8 Å². The predicted octanol–water partition coefficient (Wildman–Crippen LogP) is 0.0271. The molecule has 1 amide bonds. The van der Waals surface area contributed by atoms with E-state index in [0.29, 0.717) is 16.9 Å². The second-order valence-corrected chi connectivity index (χ2v) is 5.90. The van der Waals surface area contributed by atoms with Crippen LogP contribution in [0.25, 0.3) is 16.9 Å². The van der Waals surface area contributed by atoms with Gasteiger partial charge in [-0.25, -0.2) is 14.6 Å². The summed E-state index contributed by atoms with van der Waals surface area (Å²) in [5, 5.41) is 11.4. The number of nitrogens with zero attached hydrogens (tertiary/aromatic N) is 7. The van der Waals surface area contributed by atoms with E-state index in [2.05, 4.69) is 25.5 Å². The number of hydrogen-bond acceptors (Lipinski definition) is 6. The summed E-state index contributed by atoms with van der Waals surface area (Å²) in [4.78, 5) is 33.2. The third kappa shape index (κ3) is 3.19. The Morgan fingerprint density at radius 2 is 2.07 bits per heavy atom. The molecule has 0 aliphatic rings. The van der Waals surface area contributed by atoms with E-state index in [0.717, 1.165) is 5.56 Å². The monoisotopic (exact) mass is 364 g/mol. The van der Waals surface area contributed by atoms with Crippen LogP contribution in [0.5, 0.6) is 0 Å². The Labute approximate surface area is 153 Å².